The maximum Gasteiger partial charge on any atom is 0.278 e. The van der Waals surface area contributed by atoms with Crippen LogP contribution >= 0.6 is 0 Å². The van der Waals surface area contributed by atoms with Crippen molar-refractivity contribution in [1.82, 2.24) is 19.9 Å². The van der Waals surface area contributed by atoms with Gasteiger partial charge in [0.2, 0.25) is 5.91 Å². The molecule has 0 aliphatic rings. The van der Waals surface area contributed by atoms with Crippen LogP contribution in [-0.2, 0) is 11.3 Å². The van der Waals surface area contributed by atoms with Crippen molar-refractivity contribution in [3.8, 4) is 0 Å². The number of rotatable bonds is 2. The number of amides is 1. The quantitative estimate of drug-likeness (QED) is 0.783. The zero-order valence-corrected chi connectivity index (χ0v) is 10.00. The molecular weight excluding hydrogens is 220 g/mol. The van der Waals surface area contributed by atoms with Crippen LogP contribution in [0, 0.1) is 13.8 Å². The number of aryl methyl sites for hydroxylation is 2. The van der Waals surface area contributed by atoms with E-state index in [2.05, 4.69) is 15.4 Å². The Bertz CT molecular complexity index is 639. The second-order valence-electron chi connectivity index (χ2n) is 4.02. The van der Waals surface area contributed by atoms with Gasteiger partial charge in [-0.25, -0.2) is 4.52 Å². The molecule has 0 aromatic carbocycles. The topological polar surface area (TPSA) is 79.3 Å². The molecule has 2 aromatic heterocycles. The highest BCUT2D eigenvalue weighted by Gasteiger charge is 2.11. The van der Waals surface area contributed by atoms with Crippen molar-refractivity contribution in [1.29, 1.82) is 0 Å². The molecule has 0 atom stereocenters. The number of aromatic nitrogens is 3. The number of carbonyl (C=O) groups is 1. The normalized spacial score (nSPS) is 10.8. The molecule has 1 amide bonds. The van der Waals surface area contributed by atoms with Crippen molar-refractivity contribution in [2.45, 2.75) is 27.3 Å². The molecule has 0 fully saturated rings. The molecule has 0 bridgehead atoms. The van der Waals surface area contributed by atoms with E-state index in [1.165, 1.54) is 6.92 Å². The van der Waals surface area contributed by atoms with Crippen LogP contribution in [-0.4, -0.2) is 20.5 Å². The molecule has 17 heavy (non-hydrogen) atoms. The van der Waals surface area contributed by atoms with E-state index in [0.717, 1.165) is 11.4 Å². The molecule has 2 aromatic rings. The number of nitrogens with zero attached hydrogens (tertiary/aromatic N) is 2. The summed E-state index contributed by atoms with van der Waals surface area (Å²) in [4.78, 5) is 26.6. The number of carbonyl (C=O) groups excluding carboxylic acids is 1. The van der Waals surface area contributed by atoms with Gasteiger partial charge in [0.05, 0.1) is 12.1 Å². The number of nitrogens with one attached hydrogen (secondary N) is 2. The zero-order chi connectivity index (χ0) is 12.6. The molecule has 0 spiro atoms. The number of fused-ring (bicyclic) bond motifs is 1. The van der Waals surface area contributed by atoms with E-state index in [1.807, 2.05) is 13.8 Å². The summed E-state index contributed by atoms with van der Waals surface area (Å²) in [6.07, 6.45) is 0. The minimum absolute atomic E-state index is 0.170. The van der Waals surface area contributed by atoms with Crippen molar-refractivity contribution in [3.63, 3.8) is 0 Å². The summed E-state index contributed by atoms with van der Waals surface area (Å²) in [5.41, 5.74) is 2.49. The van der Waals surface area contributed by atoms with Crippen molar-refractivity contribution in [2.75, 3.05) is 0 Å². The van der Waals surface area contributed by atoms with Gasteiger partial charge >= 0.3 is 0 Å². The van der Waals surface area contributed by atoms with Crippen molar-refractivity contribution in [3.05, 3.63) is 33.4 Å². The van der Waals surface area contributed by atoms with Crippen LogP contribution < -0.4 is 10.9 Å². The number of hydrogen-bond donors (Lipinski definition) is 2. The van der Waals surface area contributed by atoms with Crippen LogP contribution in [0.25, 0.3) is 5.65 Å². The van der Waals surface area contributed by atoms with Crippen LogP contribution in [0.15, 0.2) is 10.9 Å². The van der Waals surface area contributed by atoms with Gasteiger partial charge in [-0.3, -0.25) is 14.7 Å². The summed E-state index contributed by atoms with van der Waals surface area (Å²) in [6.45, 7) is 5.33. The van der Waals surface area contributed by atoms with Crippen molar-refractivity contribution < 1.29 is 4.79 Å². The first-order chi connectivity index (χ1) is 7.99. The van der Waals surface area contributed by atoms with Crippen molar-refractivity contribution >= 4 is 11.6 Å². The summed E-state index contributed by atoms with van der Waals surface area (Å²) in [6, 6.07) is 1.80. The van der Waals surface area contributed by atoms with E-state index in [4.69, 9.17) is 0 Å². The van der Waals surface area contributed by atoms with Crippen LogP contribution in [0.5, 0.6) is 0 Å². The maximum absolute atomic E-state index is 11.8. The monoisotopic (exact) mass is 234 g/mol. The lowest BCUT2D eigenvalue weighted by molar-refractivity contribution is -0.119. The molecule has 6 heteroatoms. The van der Waals surface area contributed by atoms with Crippen LogP contribution in [0.1, 0.15) is 23.9 Å². The second-order valence-corrected chi connectivity index (χ2v) is 4.02. The Morgan fingerprint density at radius 3 is 2.88 bits per heavy atom. The predicted octanol–water partition coefficient (Wildman–Crippen LogP) is 0.276. The average molecular weight is 234 g/mol. The summed E-state index contributed by atoms with van der Waals surface area (Å²) in [5.74, 6) is -0.170. The SMILES string of the molecule is CC(=O)NCc1c(C)n2[nH]c(C)cc2nc1=O. The third-order valence-corrected chi connectivity index (χ3v) is 2.62. The lowest BCUT2D eigenvalue weighted by Crippen LogP contribution is -2.27. The van der Waals surface area contributed by atoms with Gasteiger partial charge in [0, 0.05) is 24.4 Å². The first kappa shape index (κ1) is 11.4. The molecule has 0 saturated carbocycles. The first-order valence-electron chi connectivity index (χ1n) is 5.31. The first-order valence-corrected chi connectivity index (χ1v) is 5.31. The number of aromatic amines is 1. The molecule has 0 radical (unpaired) electrons. The van der Waals surface area contributed by atoms with E-state index in [1.54, 1.807) is 10.6 Å². The van der Waals surface area contributed by atoms with Gasteiger partial charge in [-0.05, 0) is 13.8 Å². The van der Waals surface area contributed by atoms with E-state index < -0.39 is 0 Å². The molecule has 0 aliphatic heterocycles. The molecule has 0 aliphatic carbocycles. The summed E-state index contributed by atoms with van der Waals surface area (Å²) in [5, 5.41) is 5.69. The minimum Gasteiger partial charge on any atom is -0.352 e. The van der Waals surface area contributed by atoms with E-state index in [-0.39, 0.29) is 18.0 Å². The molecule has 0 unspecified atom stereocenters. The number of hydrogen-bond acceptors (Lipinski definition) is 3. The average Bonchev–Trinajstić information content (AvgIpc) is 2.58. The molecule has 2 rings (SSSR count). The summed E-state index contributed by atoms with van der Waals surface area (Å²) in [7, 11) is 0. The third kappa shape index (κ3) is 2.06. The summed E-state index contributed by atoms with van der Waals surface area (Å²) < 4.78 is 1.74. The van der Waals surface area contributed by atoms with Gasteiger partial charge in [-0.1, -0.05) is 0 Å². The summed E-state index contributed by atoms with van der Waals surface area (Å²) >= 11 is 0. The van der Waals surface area contributed by atoms with Crippen LogP contribution in [0.3, 0.4) is 0 Å². The Morgan fingerprint density at radius 1 is 1.53 bits per heavy atom. The smallest absolute Gasteiger partial charge is 0.278 e. The predicted molar refractivity (Wildman–Crippen MR) is 62.8 cm³/mol. The largest absolute Gasteiger partial charge is 0.352 e. The molecule has 0 saturated heterocycles. The molecular formula is C11H14N4O2. The fourth-order valence-electron chi connectivity index (χ4n) is 1.74. The Hall–Kier alpha value is -2.11. The van der Waals surface area contributed by atoms with Crippen LogP contribution in [0.2, 0.25) is 0 Å². The lowest BCUT2D eigenvalue weighted by atomic mass is 10.2. The van der Waals surface area contributed by atoms with Gasteiger partial charge < -0.3 is 5.32 Å². The van der Waals surface area contributed by atoms with Gasteiger partial charge in [-0.15, -0.1) is 0 Å². The van der Waals surface area contributed by atoms with Gasteiger partial charge in [-0.2, -0.15) is 4.98 Å². The van der Waals surface area contributed by atoms with Crippen LogP contribution in [0.4, 0.5) is 0 Å². The standard InChI is InChI=1S/C11H14N4O2/c1-6-4-10-13-11(17)9(5-12-8(3)16)7(2)15(10)14-6/h4,14H,5H2,1-3H3,(H,12,16). The Labute approximate surface area is 97.7 Å². The minimum atomic E-state index is -0.296. The fourth-order valence-corrected chi connectivity index (χ4v) is 1.74. The molecule has 90 valence electrons. The third-order valence-electron chi connectivity index (χ3n) is 2.62. The zero-order valence-electron chi connectivity index (χ0n) is 10.00. The van der Waals surface area contributed by atoms with E-state index >= 15 is 0 Å². The van der Waals surface area contributed by atoms with E-state index in [0.29, 0.717) is 11.2 Å². The van der Waals surface area contributed by atoms with Gasteiger partial charge in [0.1, 0.15) is 0 Å². The highest BCUT2D eigenvalue weighted by molar-refractivity contribution is 5.72. The highest BCUT2D eigenvalue weighted by Crippen LogP contribution is 2.07. The van der Waals surface area contributed by atoms with Crippen molar-refractivity contribution in [2.24, 2.45) is 0 Å². The second kappa shape index (κ2) is 4.04. The van der Waals surface area contributed by atoms with Gasteiger partial charge in [0.25, 0.3) is 5.56 Å². The molecule has 2 heterocycles. The van der Waals surface area contributed by atoms with Gasteiger partial charge in [0.15, 0.2) is 5.65 Å². The Kier molecular flexibility index (Phi) is 2.71. The Balaban J connectivity index is 2.55. The fraction of sp³-hybridized carbons (Fsp3) is 0.364. The number of H-pyrrole nitrogens is 1. The Morgan fingerprint density at radius 2 is 2.24 bits per heavy atom. The lowest BCUT2D eigenvalue weighted by Gasteiger charge is -2.07. The maximum atomic E-state index is 11.8. The molecule has 2 N–H and O–H groups in total. The highest BCUT2D eigenvalue weighted by atomic mass is 16.1. The molecule has 6 nitrogen and oxygen atoms in total. The van der Waals surface area contributed by atoms with E-state index in [9.17, 15) is 9.59 Å².